The van der Waals surface area contributed by atoms with Crippen LogP contribution in [-0.4, -0.2) is 16.1 Å². The number of carboxylic acids is 1. The summed E-state index contributed by atoms with van der Waals surface area (Å²) in [4.78, 5) is 18.2. The molecule has 0 saturated carbocycles. The van der Waals surface area contributed by atoms with Crippen LogP contribution in [0, 0.1) is 0 Å². The molecular weight excluding hydrogens is 306 g/mol. The molecule has 1 aromatic carbocycles. The topological polar surface area (TPSA) is 50.2 Å². The Hall–Kier alpha value is -1.91. The zero-order valence-electron chi connectivity index (χ0n) is 11.3. The lowest BCUT2D eigenvalue weighted by Crippen LogP contribution is -2.00. The normalized spacial score (nSPS) is 11.0. The lowest BCUT2D eigenvalue weighted by Gasteiger charge is -2.07. The third kappa shape index (κ3) is 2.52. The van der Waals surface area contributed by atoms with E-state index in [1.807, 2.05) is 12.1 Å². The number of thiophene rings is 1. The van der Waals surface area contributed by atoms with Gasteiger partial charge < -0.3 is 5.11 Å². The summed E-state index contributed by atoms with van der Waals surface area (Å²) in [5.74, 6) is -0.974. The van der Waals surface area contributed by atoms with E-state index in [1.54, 1.807) is 35.6 Å². The molecule has 0 amide bonds. The van der Waals surface area contributed by atoms with Gasteiger partial charge in [0.2, 0.25) is 0 Å². The van der Waals surface area contributed by atoms with Gasteiger partial charge in [0, 0.05) is 10.3 Å². The second kappa shape index (κ2) is 5.47. The van der Waals surface area contributed by atoms with Gasteiger partial charge in [-0.05, 0) is 30.7 Å². The fourth-order valence-corrected chi connectivity index (χ4v) is 3.35. The largest absolute Gasteiger partial charge is 0.478 e. The van der Waals surface area contributed by atoms with Gasteiger partial charge in [-0.1, -0.05) is 30.7 Å². The number of para-hydroxylation sites is 1. The molecule has 0 fully saturated rings. The molecule has 0 aliphatic rings. The van der Waals surface area contributed by atoms with E-state index in [4.69, 9.17) is 11.6 Å². The molecule has 3 nitrogen and oxygen atoms in total. The molecule has 0 aliphatic carbocycles. The highest BCUT2D eigenvalue weighted by Crippen LogP contribution is 2.32. The summed E-state index contributed by atoms with van der Waals surface area (Å²) in [6.45, 7) is 2.09. The fraction of sp³-hybridized carbons (Fsp3) is 0.125. The molecule has 0 saturated heterocycles. The molecule has 0 aliphatic heterocycles. The standard InChI is InChI=1S/C16H12ClNO2S/c1-2-9-6-7-14(21-9)13-8-11(16(19)20)10-4-3-5-12(17)15(10)18-13/h3-8H,2H2,1H3,(H,19,20). The second-order valence-electron chi connectivity index (χ2n) is 4.62. The van der Waals surface area contributed by atoms with Crippen molar-refractivity contribution >= 4 is 39.8 Å². The van der Waals surface area contributed by atoms with E-state index in [-0.39, 0.29) is 5.56 Å². The van der Waals surface area contributed by atoms with Crippen molar-refractivity contribution in [1.29, 1.82) is 0 Å². The average Bonchev–Trinajstić information content (AvgIpc) is 2.95. The van der Waals surface area contributed by atoms with E-state index in [0.717, 1.165) is 11.3 Å². The van der Waals surface area contributed by atoms with E-state index in [9.17, 15) is 9.90 Å². The van der Waals surface area contributed by atoms with Crippen molar-refractivity contribution in [3.8, 4) is 10.6 Å². The quantitative estimate of drug-likeness (QED) is 0.749. The first-order chi connectivity index (χ1) is 10.1. The van der Waals surface area contributed by atoms with Crippen LogP contribution in [0.3, 0.4) is 0 Å². The first-order valence-electron chi connectivity index (χ1n) is 6.51. The summed E-state index contributed by atoms with van der Waals surface area (Å²) >= 11 is 7.80. The average molecular weight is 318 g/mol. The number of carbonyl (C=O) groups is 1. The van der Waals surface area contributed by atoms with Gasteiger partial charge in [0.25, 0.3) is 0 Å². The molecular formula is C16H12ClNO2S. The highest BCUT2D eigenvalue weighted by Gasteiger charge is 2.15. The maximum Gasteiger partial charge on any atom is 0.336 e. The van der Waals surface area contributed by atoms with Crippen molar-refractivity contribution < 1.29 is 9.90 Å². The van der Waals surface area contributed by atoms with Crippen molar-refractivity contribution in [2.45, 2.75) is 13.3 Å². The minimum Gasteiger partial charge on any atom is -0.478 e. The summed E-state index contributed by atoms with van der Waals surface area (Å²) in [5, 5.41) is 10.5. The molecule has 0 atom stereocenters. The fourth-order valence-electron chi connectivity index (χ4n) is 2.22. The van der Waals surface area contributed by atoms with Crippen LogP contribution in [0.15, 0.2) is 36.4 Å². The summed E-state index contributed by atoms with van der Waals surface area (Å²) < 4.78 is 0. The zero-order valence-corrected chi connectivity index (χ0v) is 12.8. The van der Waals surface area contributed by atoms with Crippen molar-refractivity contribution in [2.24, 2.45) is 0 Å². The lowest BCUT2D eigenvalue weighted by atomic mass is 10.1. The third-order valence-corrected chi connectivity index (χ3v) is 4.84. The molecule has 2 aromatic heterocycles. The molecule has 21 heavy (non-hydrogen) atoms. The van der Waals surface area contributed by atoms with Crippen LogP contribution in [-0.2, 0) is 6.42 Å². The molecule has 3 rings (SSSR count). The van der Waals surface area contributed by atoms with Gasteiger partial charge in [-0.15, -0.1) is 11.3 Å². The molecule has 0 spiro atoms. The maximum absolute atomic E-state index is 11.5. The number of hydrogen-bond acceptors (Lipinski definition) is 3. The van der Waals surface area contributed by atoms with Crippen molar-refractivity contribution in [3.05, 3.63) is 51.9 Å². The van der Waals surface area contributed by atoms with Gasteiger partial charge in [0.05, 0.1) is 26.7 Å². The van der Waals surface area contributed by atoms with E-state index in [1.165, 1.54) is 4.88 Å². The Morgan fingerprint density at radius 3 is 2.81 bits per heavy atom. The number of halogens is 1. The Bertz CT molecular complexity index is 841. The molecule has 0 bridgehead atoms. The van der Waals surface area contributed by atoms with E-state index < -0.39 is 5.97 Å². The van der Waals surface area contributed by atoms with Gasteiger partial charge in [0.15, 0.2) is 0 Å². The molecule has 1 N–H and O–H groups in total. The van der Waals surface area contributed by atoms with Gasteiger partial charge in [-0.2, -0.15) is 0 Å². The van der Waals surface area contributed by atoms with Crippen LogP contribution in [0.4, 0.5) is 0 Å². The number of aromatic nitrogens is 1. The van der Waals surface area contributed by atoms with Crippen LogP contribution in [0.5, 0.6) is 0 Å². The Kier molecular flexibility index (Phi) is 3.66. The van der Waals surface area contributed by atoms with Crippen LogP contribution in [0.25, 0.3) is 21.5 Å². The number of aromatic carboxylic acids is 1. The Morgan fingerprint density at radius 1 is 1.33 bits per heavy atom. The monoisotopic (exact) mass is 317 g/mol. The second-order valence-corrected chi connectivity index (χ2v) is 6.19. The highest BCUT2D eigenvalue weighted by molar-refractivity contribution is 7.15. The van der Waals surface area contributed by atoms with E-state index >= 15 is 0 Å². The predicted octanol–water partition coefficient (Wildman–Crippen LogP) is 4.88. The summed E-state index contributed by atoms with van der Waals surface area (Å²) in [6, 6.07) is 10.8. The first-order valence-corrected chi connectivity index (χ1v) is 7.71. The van der Waals surface area contributed by atoms with Crippen LogP contribution < -0.4 is 0 Å². The first kappa shape index (κ1) is 14.0. The molecule has 0 unspecified atom stereocenters. The lowest BCUT2D eigenvalue weighted by molar-refractivity contribution is 0.0699. The van der Waals surface area contributed by atoms with Crippen molar-refractivity contribution in [1.82, 2.24) is 4.98 Å². The number of benzene rings is 1. The number of carboxylic acid groups (broad SMARTS) is 1. The Balaban J connectivity index is 2.29. The minimum atomic E-state index is -0.974. The summed E-state index contributed by atoms with van der Waals surface area (Å²) in [5.41, 5.74) is 1.40. The molecule has 106 valence electrons. The highest BCUT2D eigenvalue weighted by atomic mass is 35.5. The summed E-state index contributed by atoms with van der Waals surface area (Å²) in [7, 11) is 0. The van der Waals surface area contributed by atoms with Gasteiger partial charge in [-0.3, -0.25) is 0 Å². The predicted molar refractivity (Wildman–Crippen MR) is 86.4 cm³/mol. The third-order valence-electron chi connectivity index (χ3n) is 3.28. The van der Waals surface area contributed by atoms with E-state index in [2.05, 4.69) is 11.9 Å². The number of rotatable bonds is 3. The number of pyridine rings is 1. The minimum absolute atomic E-state index is 0.226. The Labute approximate surface area is 130 Å². The molecule has 3 aromatic rings. The molecule has 2 heterocycles. The van der Waals surface area contributed by atoms with Crippen LogP contribution in [0.1, 0.15) is 22.2 Å². The SMILES string of the molecule is CCc1ccc(-c2cc(C(=O)O)c3cccc(Cl)c3n2)s1. The molecule has 5 heteroatoms. The van der Waals surface area contributed by atoms with Gasteiger partial charge >= 0.3 is 5.97 Å². The smallest absolute Gasteiger partial charge is 0.336 e. The van der Waals surface area contributed by atoms with Crippen molar-refractivity contribution in [3.63, 3.8) is 0 Å². The number of hydrogen-bond donors (Lipinski definition) is 1. The zero-order chi connectivity index (χ0) is 15.0. The number of fused-ring (bicyclic) bond motifs is 1. The Morgan fingerprint density at radius 2 is 2.14 bits per heavy atom. The number of nitrogens with zero attached hydrogens (tertiary/aromatic N) is 1. The van der Waals surface area contributed by atoms with E-state index in [0.29, 0.717) is 21.6 Å². The van der Waals surface area contributed by atoms with Crippen molar-refractivity contribution in [2.75, 3.05) is 0 Å². The molecule has 0 radical (unpaired) electrons. The summed E-state index contributed by atoms with van der Waals surface area (Å²) in [6.07, 6.45) is 0.949. The number of aryl methyl sites for hydroxylation is 1. The maximum atomic E-state index is 11.5. The van der Waals surface area contributed by atoms with Gasteiger partial charge in [-0.25, -0.2) is 9.78 Å². The van der Waals surface area contributed by atoms with Gasteiger partial charge in [0.1, 0.15) is 0 Å². The van der Waals surface area contributed by atoms with Crippen LogP contribution >= 0.6 is 22.9 Å². The van der Waals surface area contributed by atoms with Crippen LogP contribution in [0.2, 0.25) is 5.02 Å².